The Kier molecular flexibility index (Phi) is 6.60. The van der Waals surface area contributed by atoms with Crippen molar-refractivity contribution in [2.45, 2.75) is 11.8 Å². The lowest BCUT2D eigenvalue weighted by molar-refractivity contribution is 0.0946. The summed E-state index contributed by atoms with van der Waals surface area (Å²) in [5, 5.41) is 5.05. The van der Waals surface area contributed by atoms with Gasteiger partial charge in [0.25, 0.3) is 15.9 Å². The monoisotopic (exact) mass is 460 g/mol. The number of carbonyl (C=O) groups excluding carboxylic acids is 1. The van der Waals surface area contributed by atoms with Crippen molar-refractivity contribution >= 4 is 32.4 Å². The zero-order valence-corrected chi connectivity index (χ0v) is 18.9. The van der Waals surface area contributed by atoms with Crippen LogP contribution in [0.2, 0.25) is 0 Å². The molecule has 0 aliphatic rings. The molecule has 0 saturated heterocycles. The number of rotatable bonds is 8. The predicted octanol–water partition coefficient (Wildman–Crippen LogP) is 4.76. The Morgan fingerprint density at radius 2 is 1.58 bits per heavy atom. The summed E-state index contributed by atoms with van der Waals surface area (Å²) in [6.07, 6.45) is 0. The fourth-order valence-electron chi connectivity index (χ4n) is 3.48. The number of benzene rings is 4. The lowest BCUT2D eigenvalue weighted by atomic mass is 10.1. The van der Waals surface area contributed by atoms with Gasteiger partial charge < -0.3 is 10.1 Å². The van der Waals surface area contributed by atoms with Crippen LogP contribution in [0.1, 0.15) is 15.9 Å². The zero-order chi connectivity index (χ0) is 23.3. The second-order valence-corrected chi connectivity index (χ2v) is 9.19. The zero-order valence-electron chi connectivity index (χ0n) is 18.1. The van der Waals surface area contributed by atoms with Gasteiger partial charge in [-0.3, -0.25) is 9.52 Å². The number of nitrogens with one attached hydrogen (secondary N) is 2. The molecule has 7 heteroatoms. The van der Waals surface area contributed by atoms with Crippen molar-refractivity contribution in [2.75, 3.05) is 17.9 Å². The van der Waals surface area contributed by atoms with Gasteiger partial charge in [-0.1, -0.05) is 54.6 Å². The van der Waals surface area contributed by atoms with Crippen LogP contribution in [0.4, 0.5) is 5.69 Å². The van der Waals surface area contributed by atoms with E-state index in [1.165, 1.54) is 12.1 Å². The number of carbonyl (C=O) groups is 1. The highest BCUT2D eigenvalue weighted by atomic mass is 32.2. The number of ether oxygens (including phenoxy) is 1. The van der Waals surface area contributed by atoms with E-state index in [0.29, 0.717) is 30.0 Å². The molecule has 0 spiro atoms. The van der Waals surface area contributed by atoms with Crippen molar-refractivity contribution in [3.63, 3.8) is 0 Å². The van der Waals surface area contributed by atoms with Gasteiger partial charge >= 0.3 is 0 Å². The van der Waals surface area contributed by atoms with Gasteiger partial charge in [0.15, 0.2) is 0 Å². The van der Waals surface area contributed by atoms with Gasteiger partial charge in [0.2, 0.25) is 0 Å². The highest BCUT2D eigenvalue weighted by molar-refractivity contribution is 7.92. The maximum absolute atomic E-state index is 12.7. The van der Waals surface area contributed by atoms with E-state index in [-0.39, 0.29) is 10.8 Å². The Balaban J connectivity index is 1.37. The van der Waals surface area contributed by atoms with E-state index < -0.39 is 10.0 Å². The molecule has 0 saturated carbocycles. The van der Waals surface area contributed by atoms with Crippen LogP contribution in [0.5, 0.6) is 5.75 Å². The number of fused-ring (bicyclic) bond motifs is 1. The molecule has 2 N–H and O–H groups in total. The second-order valence-electron chi connectivity index (χ2n) is 7.51. The van der Waals surface area contributed by atoms with Gasteiger partial charge in [0.05, 0.1) is 17.1 Å². The van der Waals surface area contributed by atoms with Crippen LogP contribution in [0.25, 0.3) is 10.8 Å². The number of anilines is 1. The highest BCUT2D eigenvalue weighted by Crippen LogP contribution is 2.23. The number of amides is 1. The molecule has 0 bridgehead atoms. The Morgan fingerprint density at radius 1 is 0.848 bits per heavy atom. The topological polar surface area (TPSA) is 84.5 Å². The minimum absolute atomic E-state index is 0.157. The summed E-state index contributed by atoms with van der Waals surface area (Å²) < 4.78 is 33.6. The molecule has 0 aliphatic carbocycles. The van der Waals surface area contributed by atoms with E-state index in [4.69, 9.17) is 4.74 Å². The third kappa shape index (κ3) is 5.32. The van der Waals surface area contributed by atoms with E-state index in [1.54, 1.807) is 43.3 Å². The molecule has 0 unspecified atom stereocenters. The molecule has 33 heavy (non-hydrogen) atoms. The van der Waals surface area contributed by atoms with E-state index in [0.717, 1.165) is 16.5 Å². The van der Waals surface area contributed by atoms with Crippen LogP contribution in [0.15, 0.2) is 95.9 Å². The summed E-state index contributed by atoms with van der Waals surface area (Å²) in [6.45, 7) is 2.33. The van der Waals surface area contributed by atoms with Crippen molar-refractivity contribution in [3.8, 4) is 5.75 Å². The van der Waals surface area contributed by atoms with Crippen LogP contribution in [-0.2, 0) is 10.0 Å². The first-order valence-electron chi connectivity index (χ1n) is 10.5. The quantitative estimate of drug-likeness (QED) is 0.372. The summed E-state index contributed by atoms with van der Waals surface area (Å²) in [5.41, 5.74) is 1.30. The van der Waals surface area contributed by atoms with Gasteiger partial charge in [0.1, 0.15) is 12.4 Å². The molecule has 1 amide bonds. The summed E-state index contributed by atoms with van der Waals surface area (Å²) in [6, 6.07) is 26.9. The molecular weight excluding hydrogens is 436 g/mol. The van der Waals surface area contributed by atoms with E-state index in [2.05, 4.69) is 10.0 Å². The Hall–Kier alpha value is -3.84. The van der Waals surface area contributed by atoms with Crippen LogP contribution in [-0.4, -0.2) is 27.5 Å². The van der Waals surface area contributed by atoms with Gasteiger partial charge in [-0.2, -0.15) is 0 Å². The average Bonchev–Trinajstić information content (AvgIpc) is 2.83. The molecule has 0 atom stereocenters. The number of hydrogen-bond acceptors (Lipinski definition) is 4. The van der Waals surface area contributed by atoms with Crippen molar-refractivity contribution in [3.05, 3.63) is 102 Å². The largest absolute Gasteiger partial charge is 0.492 e. The van der Waals surface area contributed by atoms with Crippen LogP contribution >= 0.6 is 0 Å². The molecule has 0 radical (unpaired) electrons. The fourth-order valence-corrected chi connectivity index (χ4v) is 4.63. The third-order valence-electron chi connectivity index (χ3n) is 5.25. The minimum Gasteiger partial charge on any atom is -0.492 e. The van der Waals surface area contributed by atoms with Gasteiger partial charge in [-0.15, -0.1) is 0 Å². The van der Waals surface area contributed by atoms with Crippen LogP contribution in [0, 0.1) is 6.92 Å². The highest BCUT2D eigenvalue weighted by Gasteiger charge is 2.17. The maximum Gasteiger partial charge on any atom is 0.261 e. The van der Waals surface area contributed by atoms with Crippen molar-refractivity contribution in [2.24, 2.45) is 0 Å². The molecule has 0 aromatic heterocycles. The van der Waals surface area contributed by atoms with E-state index >= 15 is 0 Å². The summed E-state index contributed by atoms with van der Waals surface area (Å²) >= 11 is 0. The molecule has 0 fully saturated rings. The molecule has 4 aromatic rings. The summed E-state index contributed by atoms with van der Waals surface area (Å²) in [5.74, 6) is 0.437. The molecule has 0 aliphatic heterocycles. The third-order valence-corrected chi connectivity index (χ3v) is 6.63. The van der Waals surface area contributed by atoms with Gasteiger partial charge in [0, 0.05) is 5.56 Å². The maximum atomic E-state index is 12.7. The Morgan fingerprint density at radius 3 is 2.36 bits per heavy atom. The smallest absolute Gasteiger partial charge is 0.261 e. The lowest BCUT2D eigenvalue weighted by Gasteiger charge is -2.14. The fraction of sp³-hybridized carbons (Fsp3) is 0.115. The standard InChI is InChI=1S/C26H24N2O4S/c1-19-24(12-7-13-25(19)28-33(30,31)23-10-3-2-4-11-23)26(29)27-16-17-32-22-15-14-20-8-5-6-9-21(20)18-22/h2-15,18,28H,16-17H2,1H3,(H,27,29). The van der Waals surface area contributed by atoms with Crippen LogP contribution < -0.4 is 14.8 Å². The predicted molar refractivity (Wildman–Crippen MR) is 130 cm³/mol. The summed E-state index contributed by atoms with van der Waals surface area (Å²) in [7, 11) is -3.75. The second kappa shape index (κ2) is 9.75. The summed E-state index contributed by atoms with van der Waals surface area (Å²) in [4.78, 5) is 12.9. The number of hydrogen-bond donors (Lipinski definition) is 2. The molecule has 4 rings (SSSR count). The Bertz CT molecular complexity index is 1390. The molecule has 4 aromatic carbocycles. The molecular formula is C26H24N2O4S. The molecule has 0 heterocycles. The average molecular weight is 461 g/mol. The Labute approximate surface area is 193 Å². The van der Waals surface area contributed by atoms with Crippen molar-refractivity contribution in [1.82, 2.24) is 5.32 Å². The van der Waals surface area contributed by atoms with E-state index in [1.807, 2.05) is 42.5 Å². The molecule has 168 valence electrons. The lowest BCUT2D eigenvalue weighted by Crippen LogP contribution is -2.29. The van der Waals surface area contributed by atoms with Crippen molar-refractivity contribution in [1.29, 1.82) is 0 Å². The van der Waals surface area contributed by atoms with Crippen molar-refractivity contribution < 1.29 is 17.9 Å². The number of sulfonamides is 1. The van der Waals surface area contributed by atoms with Crippen LogP contribution in [0.3, 0.4) is 0 Å². The SMILES string of the molecule is Cc1c(NS(=O)(=O)c2ccccc2)cccc1C(=O)NCCOc1ccc2ccccc2c1. The first kappa shape index (κ1) is 22.4. The minimum atomic E-state index is -3.75. The van der Waals surface area contributed by atoms with Gasteiger partial charge in [-0.25, -0.2) is 8.42 Å². The molecule has 6 nitrogen and oxygen atoms in total. The first-order valence-corrected chi connectivity index (χ1v) is 12.0. The first-order chi connectivity index (χ1) is 15.9. The van der Waals surface area contributed by atoms with E-state index in [9.17, 15) is 13.2 Å². The normalized spacial score (nSPS) is 11.2. The van der Waals surface area contributed by atoms with Gasteiger partial charge in [-0.05, 0) is 59.7 Å².